The molecule has 4 heteroatoms. The lowest BCUT2D eigenvalue weighted by Crippen LogP contribution is -2.29. The van der Waals surface area contributed by atoms with Crippen LogP contribution in [-0.4, -0.2) is 23.8 Å². The molecule has 0 saturated carbocycles. The van der Waals surface area contributed by atoms with Crippen molar-refractivity contribution < 1.29 is 14.8 Å². The van der Waals surface area contributed by atoms with Gasteiger partial charge in [-0.2, -0.15) is 0 Å². The molecule has 1 heterocycles. The highest BCUT2D eigenvalue weighted by atomic mass is 16.5. The van der Waals surface area contributed by atoms with Gasteiger partial charge in [0.25, 0.3) is 0 Å². The molecule has 0 unspecified atom stereocenters. The molecule has 0 saturated heterocycles. The van der Waals surface area contributed by atoms with Crippen LogP contribution in [0.2, 0.25) is 0 Å². The molecule has 3 nitrogen and oxygen atoms in total. The third-order valence-electron chi connectivity index (χ3n) is 2.01. The molecule has 0 aromatic heterocycles. The summed E-state index contributed by atoms with van der Waals surface area (Å²) in [5.41, 5.74) is 1.58. The Balaban J connectivity index is 0.000000461. The second-order valence-electron chi connectivity index (χ2n) is 2.84. The van der Waals surface area contributed by atoms with Crippen LogP contribution in [-0.2, 0) is 6.42 Å². The van der Waals surface area contributed by atoms with Crippen LogP contribution in [0.3, 0.4) is 0 Å². The molecule has 1 aromatic rings. The summed E-state index contributed by atoms with van der Waals surface area (Å²) < 4.78 is 5.27. The van der Waals surface area contributed by atoms with Crippen molar-refractivity contribution in [1.29, 1.82) is 0 Å². The largest absolute Gasteiger partial charge is 0.493 e. The molecule has 0 fully saturated rings. The van der Waals surface area contributed by atoms with Crippen LogP contribution < -0.4 is 10.2 Å². The maximum atomic E-state index is 8.87. The van der Waals surface area contributed by atoms with Crippen LogP contribution in [0.4, 0.5) is 0 Å². The van der Waals surface area contributed by atoms with Gasteiger partial charge in [-0.1, -0.05) is 26.0 Å². The number of hydrogen-bond acceptors (Lipinski definition) is 3. The van der Waals surface area contributed by atoms with Crippen molar-refractivity contribution in [3.8, 4) is 5.75 Å². The average Bonchev–Trinajstić information content (AvgIpc) is 2.67. The van der Waals surface area contributed by atoms with Gasteiger partial charge < -0.3 is 14.8 Å². The van der Waals surface area contributed by atoms with E-state index in [1.54, 1.807) is 18.2 Å². The minimum atomic E-state index is -1.38. The van der Waals surface area contributed by atoms with E-state index >= 15 is 0 Å². The van der Waals surface area contributed by atoms with Gasteiger partial charge >= 0.3 is 7.12 Å². The molecule has 76 valence electrons. The molecule has 14 heavy (non-hydrogen) atoms. The highest BCUT2D eigenvalue weighted by Crippen LogP contribution is 2.22. The van der Waals surface area contributed by atoms with Crippen molar-refractivity contribution in [2.24, 2.45) is 0 Å². The fraction of sp³-hybridized carbons (Fsp3) is 0.400. The first-order chi connectivity index (χ1) is 6.77. The quantitative estimate of drug-likeness (QED) is 0.633. The maximum absolute atomic E-state index is 8.87. The van der Waals surface area contributed by atoms with Crippen LogP contribution in [0.1, 0.15) is 19.4 Å². The highest BCUT2D eigenvalue weighted by Gasteiger charge is 2.16. The highest BCUT2D eigenvalue weighted by molar-refractivity contribution is 6.58. The zero-order valence-electron chi connectivity index (χ0n) is 8.53. The summed E-state index contributed by atoms with van der Waals surface area (Å²) in [5, 5.41) is 17.7. The molecule has 0 aliphatic carbocycles. The van der Waals surface area contributed by atoms with Gasteiger partial charge in [0.05, 0.1) is 6.61 Å². The van der Waals surface area contributed by atoms with Crippen molar-refractivity contribution in [3.63, 3.8) is 0 Å². The topological polar surface area (TPSA) is 49.7 Å². The number of rotatable bonds is 1. The van der Waals surface area contributed by atoms with E-state index in [1.165, 1.54) is 0 Å². The minimum absolute atomic E-state index is 0.527. The molecule has 0 amide bonds. The smallest absolute Gasteiger partial charge is 0.488 e. The summed E-state index contributed by atoms with van der Waals surface area (Å²) in [7, 11) is -1.38. The van der Waals surface area contributed by atoms with Crippen molar-refractivity contribution in [2.75, 3.05) is 6.61 Å². The van der Waals surface area contributed by atoms with Gasteiger partial charge in [-0.25, -0.2) is 0 Å². The van der Waals surface area contributed by atoms with Gasteiger partial charge in [0.15, 0.2) is 0 Å². The fourth-order valence-corrected chi connectivity index (χ4v) is 1.37. The van der Waals surface area contributed by atoms with Gasteiger partial charge in [-0.3, -0.25) is 0 Å². The number of ether oxygens (including phenoxy) is 1. The summed E-state index contributed by atoms with van der Waals surface area (Å²) in [6.07, 6.45) is 0.857. The van der Waals surface area contributed by atoms with Crippen molar-refractivity contribution in [1.82, 2.24) is 0 Å². The molecule has 1 aliphatic heterocycles. The number of benzene rings is 1. The van der Waals surface area contributed by atoms with E-state index in [0.29, 0.717) is 12.1 Å². The Labute approximate surface area is 84.5 Å². The SMILES string of the molecule is CC.OB(O)c1ccc2c(c1)CCO2. The molecule has 2 N–H and O–H groups in total. The summed E-state index contributed by atoms with van der Waals surface area (Å²) in [5.74, 6) is 0.861. The van der Waals surface area contributed by atoms with Crippen LogP contribution in [0.25, 0.3) is 0 Å². The third-order valence-corrected chi connectivity index (χ3v) is 2.01. The lowest BCUT2D eigenvalue weighted by molar-refractivity contribution is 0.357. The van der Waals surface area contributed by atoms with Gasteiger partial charge in [0, 0.05) is 6.42 Å². The Kier molecular flexibility index (Phi) is 3.98. The summed E-state index contributed by atoms with van der Waals surface area (Å²) >= 11 is 0. The van der Waals surface area contributed by atoms with Gasteiger partial charge in [0.2, 0.25) is 0 Å². The Morgan fingerprint density at radius 3 is 2.64 bits per heavy atom. The summed E-state index contributed by atoms with van der Waals surface area (Å²) in [6.45, 7) is 4.69. The minimum Gasteiger partial charge on any atom is -0.493 e. The van der Waals surface area contributed by atoms with Crippen molar-refractivity contribution >= 4 is 12.6 Å². The van der Waals surface area contributed by atoms with Crippen LogP contribution in [0, 0.1) is 0 Å². The first-order valence-corrected chi connectivity index (χ1v) is 4.89. The molecule has 1 aliphatic rings. The summed E-state index contributed by atoms with van der Waals surface area (Å²) in [4.78, 5) is 0. The van der Waals surface area contributed by atoms with E-state index in [4.69, 9.17) is 14.8 Å². The monoisotopic (exact) mass is 194 g/mol. The van der Waals surface area contributed by atoms with Gasteiger partial charge in [0.1, 0.15) is 5.75 Å². The number of hydrogen-bond donors (Lipinski definition) is 2. The van der Waals surface area contributed by atoms with E-state index < -0.39 is 7.12 Å². The molecular weight excluding hydrogens is 179 g/mol. The maximum Gasteiger partial charge on any atom is 0.488 e. The Hall–Kier alpha value is -0.995. The van der Waals surface area contributed by atoms with E-state index in [9.17, 15) is 0 Å². The second kappa shape index (κ2) is 5.03. The molecular formula is C10H15BO3. The lowest BCUT2D eigenvalue weighted by atomic mass is 9.79. The van der Waals surface area contributed by atoms with Crippen LogP contribution in [0.5, 0.6) is 5.75 Å². The van der Waals surface area contributed by atoms with E-state index in [0.717, 1.165) is 17.7 Å². The van der Waals surface area contributed by atoms with Crippen molar-refractivity contribution in [3.05, 3.63) is 23.8 Å². The zero-order chi connectivity index (χ0) is 10.6. The van der Waals surface area contributed by atoms with E-state index in [1.807, 2.05) is 13.8 Å². The second-order valence-corrected chi connectivity index (χ2v) is 2.84. The molecule has 0 atom stereocenters. The predicted octanol–water partition coefficient (Wildman–Crippen LogP) is 0.327. The molecule has 2 rings (SSSR count). The Morgan fingerprint density at radius 1 is 1.29 bits per heavy atom. The van der Waals surface area contributed by atoms with Crippen LogP contribution >= 0.6 is 0 Å². The Morgan fingerprint density at radius 2 is 2.00 bits per heavy atom. The molecule has 0 radical (unpaired) electrons. The fourth-order valence-electron chi connectivity index (χ4n) is 1.37. The van der Waals surface area contributed by atoms with E-state index in [2.05, 4.69) is 0 Å². The Bertz CT molecular complexity index is 299. The zero-order valence-corrected chi connectivity index (χ0v) is 8.53. The molecule has 1 aromatic carbocycles. The summed E-state index contributed by atoms with van der Waals surface area (Å²) in [6, 6.07) is 5.21. The van der Waals surface area contributed by atoms with E-state index in [-0.39, 0.29) is 0 Å². The number of fused-ring (bicyclic) bond motifs is 1. The first kappa shape index (κ1) is 11.1. The van der Waals surface area contributed by atoms with Gasteiger partial charge in [-0.15, -0.1) is 0 Å². The standard InChI is InChI=1S/C8H9BO3.C2H6/c10-9(11)7-1-2-8-6(5-7)3-4-12-8;1-2/h1-2,5,10-11H,3-4H2;1-2H3. The van der Waals surface area contributed by atoms with Crippen LogP contribution in [0.15, 0.2) is 18.2 Å². The predicted molar refractivity (Wildman–Crippen MR) is 56.8 cm³/mol. The van der Waals surface area contributed by atoms with Crippen molar-refractivity contribution in [2.45, 2.75) is 20.3 Å². The normalized spacial score (nSPS) is 12.3. The molecule has 0 bridgehead atoms. The lowest BCUT2D eigenvalue weighted by Gasteiger charge is -2.01. The molecule has 0 spiro atoms. The third kappa shape index (κ3) is 2.27. The average molecular weight is 194 g/mol. The first-order valence-electron chi connectivity index (χ1n) is 4.89. The van der Waals surface area contributed by atoms with Gasteiger partial charge in [-0.05, 0) is 17.1 Å².